The highest BCUT2D eigenvalue weighted by Crippen LogP contribution is 2.24. The predicted octanol–water partition coefficient (Wildman–Crippen LogP) is 3.44. The molecule has 0 radical (unpaired) electrons. The van der Waals surface area contributed by atoms with Crippen molar-refractivity contribution < 1.29 is 0 Å². The highest BCUT2D eigenvalue weighted by Gasteiger charge is 2.13. The molecule has 0 aliphatic heterocycles. The van der Waals surface area contributed by atoms with Gasteiger partial charge in [0.15, 0.2) is 0 Å². The molecule has 1 nitrogen and oxygen atoms in total. The number of benzene rings is 1. The Morgan fingerprint density at radius 3 is 2.00 bits per heavy atom. The van der Waals surface area contributed by atoms with Crippen molar-refractivity contribution >= 4 is 11.6 Å². The third kappa shape index (κ3) is 2.73. The molecule has 0 saturated carbocycles. The Labute approximate surface area is 91.5 Å². The van der Waals surface area contributed by atoms with Gasteiger partial charge in [0.25, 0.3) is 0 Å². The Kier molecular flexibility index (Phi) is 3.57. The normalized spacial score (nSPS) is 14.1. The molecule has 14 heavy (non-hydrogen) atoms. The summed E-state index contributed by atoms with van der Waals surface area (Å²) < 4.78 is 0. The minimum absolute atomic E-state index is 0.0935. The lowest BCUT2D eigenvalue weighted by atomic mass is 9.87. The van der Waals surface area contributed by atoms with Gasteiger partial charge in [-0.3, -0.25) is 0 Å². The van der Waals surface area contributed by atoms with Crippen LogP contribution in [-0.4, -0.2) is 7.05 Å². The van der Waals surface area contributed by atoms with Crippen LogP contribution >= 0.6 is 11.6 Å². The van der Waals surface area contributed by atoms with Crippen molar-refractivity contribution in [2.75, 3.05) is 7.05 Å². The van der Waals surface area contributed by atoms with Gasteiger partial charge in [0.05, 0.1) is 0 Å². The predicted molar refractivity (Wildman–Crippen MR) is 62.8 cm³/mol. The lowest BCUT2D eigenvalue weighted by Gasteiger charge is -2.19. The van der Waals surface area contributed by atoms with Crippen LogP contribution in [0.15, 0.2) is 24.3 Å². The molecule has 78 valence electrons. The molecule has 1 aromatic carbocycles. The second-order valence-corrected chi connectivity index (χ2v) is 4.96. The molecular formula is C12H18ClN. The fourth-order valence-electron chi connectivity index (χ4n) is 1.32. The van der Waals surface area contributed by atoms with Gasteiger partial charge in [-0.05, 0) is 23.6 Å². The zero-order valence-corrected chi connectivity index (χ0v) is 10.0. The first-order valence-electron chi connectivity index (χ1n) is 4.87. The fourth-order valence-corrected chi connectivity index (χ4v) is 1.46. The summed E-state index contributed by atoms with van der Waals surface area (Å²) in [5.41, 5.74) is 2.56. The molecule has 0 saturated heterocycles. The molecule has 1 unspecified atom stereocenters. The van der Waals surface area contributed by atoms with Gasteiger partial charge in [-0.2, -0.15) is 0 Å². The van der Waals surface area contributed by atoms with Gasteiger partial charge in [-0.25, -0.2) is 0 Å². The third-order valence-corrected chi connectivity index (χ3v) is 2.79. The molecule has 1 aromatic rings. The summed E-state index contributed by atoms with van der Waals surface area (Å²) in [7, 11) is 1.86. The van der Waals surface area contributed by atoms with E-state index in [-0.39, 0.29) is 10.9 Å². The molecule has 2 heteroatoms. The SMILES string of the molecule is CNC(Cl)c1ccc(C(C)(C)C)cc1. The summed E-state index contributed by atoms with van der Waals surface area (Å²) in [6, 6.07) is 8.44. The van der Waals surface area contributed by atoms with Crippen molar-refractivity contribution in [3.05, 3.63) is 35.4 Å². The van der Waals surface area contributed by atoms with Gasteiger partial charge < -0.3 is 5.32 Å². The van der Waals surface area contributed by atoms with Crippen LogP contribution in [0.2, 0.25) is 0 Å². The summed E-state index contributed by atoms with van der Waals surface area (Å²) in [6.45, 7) is 6.62. The zero-order chi connectivity index (χ0) is 10.8. The second-order valence-electron chi connectivity index (χ2n) is 4.52. The van der Waals surface area contributed by atoms with Gasteiger partial charge in [0, 0.05) is 0 Å². The Morgan fingerprint density at radius 2 is 1.64 bits per heavy atom. The molecule has 1 rings (SSSR count). The average molecular weight is 212 g/mol. The van der Waals surface area contributed by atoms with E-state index in [1.54, 1.807) is 0 Å². The lowest BCUT2D eigenvalue weighted by molar-refractivity contribution is 0.589. The molecule has 1 N–H and O–H groups in total. The first-order valence-corrected chi connectivity index (χ1v) is 5.30. The first-order chi connectivity index (χ1) is 6.45. The maximum atomic E-state index is 6.05. The minimum Gasteiger partial charge on any atom is -0.301 e. The average Bonchev–Trinajstić information content (AvgIpc) is 2.15. The topological polar surface area (TPSA) is 12.0 Å². The molecular weight excluding hydrogens is 194 g/mol. The maximum absolute atomic E-state index is 6.05. The van der Waals surface area contributed by atoms with Gasteiger partial charge in [-0.1, -0.05) is 45.0 Å². The van der Waals surface area contributed by atoms with Crippen molar-refractivity contribution in [3.8, 4) is 0 Å². The van der Waals surface area contributed by atoms with Crippen LogP contribution in [0.5, 0.6) is 0 Å². The van der Waals surface area contributed by atoms with E-state index >= 15 is 0 Å². The van der Waals surface area contributed by atoms with Crippen LogP contribution in [0.4, 0.5) is 0 Å². The highest BCUT2D eigenvalue weighted by atomic mass is 35.5. The molecule has 0 aromatic heterocycles. The van der Waals surface area contributed by atoms with Crippen LogP contribution in [0.1, 0.15) is 37.4 Å². The van der Waals surface area contributed by atoms with Crippen molar-refractivity contribution in [1.29, 1.82) is 0 Å². The minimum atomic E-state index is -0.0935. The summed E-state index contributed by atoms with van der Waals surface area (Å²) in [4.78, 5) is 0. The largest absolute Gasteiger partial charge is 0.301 e. The monoisotopic (exact) mass is 211 g/mol. The van der Waals surface area contributed by atoms with Gasteiger partial charge in [-0.15, -0.1) is 11.6 Å². The second kappa shape index (κ2) is 4.33. The molecule has 0 fully saturated rings. The Balaban J connectivity index is 2.89. The van der Waals surface area contributed by atoms with Crippen molar-refractivity contribution in [2.45, 2.75) is 31.7 Å². The van der Waals surface area contributed by atoms with E-state index in [0.29, 0.717) is 0 Å². The van der Waals surface area contributed by atoms with Gasteiger partial charge in [0.1, 0.15) is 5.50 Å². The van der Waals surface area contributed by atoms with Crippen molar-refractivity contribution in [3.63, 3.8) is 0 Å². The van der Waals surface area contributed by atoms with Crippen molar-refractivity contribution in [2.24, 2.45) is 0 Å². The Hall–Kier alpha value is -0.530. The van der Waals surface area contributed by atoms with Gasteiger partial charge >= 0.3 is 0 Å². The van der Waals surface area contributed by atoms with E-state index in [9.17, 15) is 0 Å². The highest BCUT2D eigenvalue weighted by molar-refractivity contribution is 6.20. The molecule has 0 spiro atoms. The number of nitrogens with one attached hydrogen (secondary N) is 1. The number of alkyl halides is 1. The molecule has 0 heterocycles. The molecule has 0 aliphatic rings. The quantitative estimate of drug-likeness (QED) is 0.584. The fraction of sp³-hybridized carbons (Fsp3) is 0.500. The molecule has 0 amide bonds. The van der Waals surface area contributed by atoms with E-state index in [4.69, 9.17) is 11.6 Å². The summed E-state index contributed by atoms with van der Waals surface area (Å²) in [6.07, 6.45) is 0. The van der Waals surface area contributed by atoms with E-state index in [0.717, 1.165) is 5.56 Å². The number of hydrogen-bond donors (Lipinski definition) is 1. The van der Waals surface area contributed by atoms with Crippen LogP contribution in [-0.2, 0) is 5.41 Å². The van der Waals surface area contributed by atoms with Crippen LogP contribution in [0.3, 0.4) is 0 Å². The Bertz CT molecular complexity index is 284. The smallest absolute Gasteiger partial charge is 0.108 e. The summed E-state index contributed by atoms with van der Waals surface area (Å²) >= 11 is 6.05. The number of rotatable bonds is 2. The van der Waals surface area contributed by atoms with E-state index < -0.39 is 0 Å². The van der Waals surface area contributed by atoms with E-state index in [2.05, 4.69) is 50.4 Å². The third-order valence-electron chi connectivity index (χ3n) is 2.32. The zero-order valence-electron chi connectivity index (χ0n) is 9.26. The van der Waals surface area contributed by atoms with Gasteiger partial charge in [0.2, 0.25) is 0 Å². The number of hydrogen-bond acceptors (Lipinski definition) is 1. The standard InChI is InChI=1S/C12H18ClN/c1-12(2,3)10-7-5-9(6-8-10)11(13)14-4/h5-8,11,14H,1-4H3. The first kappa shape index (κ1) is 11.5. The summed E-state index contributed by atoms with van der Waals surface area (Å²) in [5, 5.41) is 3.00. The summed E-state index contributed by atoms with van der Waals surface area (Å²) in [5.74, 6) is 0. The lowest BCUT2D eigenvalue weighted by Crippen LogP contribution is -2.13. The Morgan fingerprint density at radius 1 is 1.14 bits per heavy atom. The van der Waals surface area contributed by atoms with Crippen molar-refractivity contribution in [1.82, 2.24) is 5.32 Å². The van der Waals surface area contributed by atoms with Crippen LogP contribution < -0.4 is 5.32 Å². The molecule has 1 atom stereocenters. The molecule has 0 bridgehead atoms. The van der Waals surface area contributed by atoms with E-state index in [1.807, 2.05) is 7.05 Å². The molecule has 0 aliphatic carbocycles. The van der Waals surface area contributed by atoms with Crippen LogP contribution in [0.25, 0.3) is 0 Å². The maximum Gasteiger partial charge on any atom is 0.108 e. The van der Waals surface area contributed by atoms with E-state index in [1.165, 1.54) is 5.56 Å². The van der Waals surface area contributed by atoms with Crippen LogP contribution in [0, 0.1) is 0 Å². The number of halogens is 1.